The van der Waals surface area contributed by atoms with Crippen LogP contribution < -0.4 is 10.6 Å². The maximum Gasteiger partial charge on any atom is 0.242 e. The van der Waals surface area contributed by atoms with Crippen molar-refractivity contribution < 1.29 is 9.59 Å². The van der Waals surface area contributed by atoms with Crippen molar-refractivity contribution in [3.8, 4) is 0 Å². The molecule has 0 spiro atoms. The van der Waals surface area contributed by atoms with Gasteiger partial charge in [0.15, 0.2) is 0 Å². The predicted molar refractivity (Wildman–Crippen MR) is 105 cm³/mol. The van der Waals surface area contributed by atoms with E-state index in [0.717, 1.165) is 37.9 Å². The van der Waals surface area contributed by atoms with Crippen LogP contribution in [0, 0.1) is 11.3 Å². The van der Waals surface area contributed by atoms with Gasteiger partial charge in [-0.15, -0.1) is 12.4 Å². The summed E-state index contributed by atoms with van der Waals surface area (Å²) in [4.78, 5) is 27.2. The summed E-state index contributed by atoms with van der Waals surface area (Å²) in [6.07, 6.45) is 4.37. The second kappa shape index (κ2) is 9.38. The summed E-state index contributed by atoms with van der Waals surface area (Å²) in [7, 11) is 0. The van der Waals surface area contributed by atoms with Crippen LogP contribution in [0.2, 0.25) is 0 Å². The molecule has 1 aliphatic carbocycles. The van der Waals surface area contributed by atoms with E-state index in [4.69, 9.17) is 0 Å². The second-order valence-corrected chi connectivity index (χ2v) is 7.31. The van der Waals surface area contributed by atoms with Crippen LogP contribution in [-0.4, -0.2) is 42.9 Å². The fraction of sp³-hybridized carbons (Fsp3) is 0.600. The average Bonchev–Trinajstić information content (AvgIpc) is 3.10. The zero-order valence-electron chi connectivity index (χ0n) is 15.5. The van der Waals surface area contributed by atoms with Gasteiger partial charge in [0.1, 0.15) is 0 Å². The van der Waals surface area contributed by atoms with Crippen molar-refractivity contribution in [3.63, 3.8) is 0 Å². The molecule has 1 aromatic carbocycles. The summed E-state index contributed by atoms with van der Waals surface area (Å²) < 4.78 is 0. The van der Waals surface area contributed by atoms with Crippen molar-refractivity contribution in [1.29, 1.82) is 0 Å². The minimum atomic E-state index is -0.297. The van der Waals surface area contributed by atoms with Crippen molar-refractivity contribution in [1.82, 2.24) is 15.5 Å². The van der Waals surface area contributed by atoms with Gasteiger partial charge in [-0.05, 0) is 37.8 Å². The molecule has 2 atom stereocenters. The lowest BCUT2D eigenvalue weighted by Crippen LogP contribution is -2.50. The van der Waals surface area contributed by atoms with Crippen LogP contribution in [-0.2, 0) is 16.1 Å². The highest BCUT2D eigenvalue weighted by Gasteiger charge is 2.49. The molecule has 0 unspecified atom stereocenters. The Kier molecular flexibility index (Phi) is 7.47. The van der Waals surface area contributed by atoms with Crippen molar-refractivity contribution >= 4 is 24.2 Å². The predicted octanol–water partition coefficient (Wildman–Crippen LogP) is 2.35. The zero-order chi connectivity index (χ0) is 17.7. The van der Waals surface area contributed by atoms with E-state index in [-0.39, 0.29) is 36.2 Å². The van der Waals surface area contributed by atoms with Gasteiger partial charge >= 0.3 is 0 Å². The van der Waals surface area contributed by atoms with Gasteiger partial charge in [0.05, 0.1) is 12.0 Å². The third kappa shape index (κ3) is 4.38. The molecule has 0 aromatic heterocycles. The number of fused-ring (bicyclic) bond motifs is 1. The largest absolute Gasteiger partial charge is 0.346 e. The number of hydrogen-bond donors (Lipinski definition) is 2. The van der Waals surface area contributed by atoms with Gasteiger partial charge in [0.25, 0.3) is 0 Å². The quantitative estimate of drug-likeness (QED) is 0.797. The lowest BCUT2D eigenvalue weighted by atomic mass is 9.67. The summed E-state index contributed by atoms with van der Waals surface area (Å²) in [5.74, 6) is 0.462. The van der Waals surface area contributed by atoms with Crippen LogP contribution in [0.25, 0.3) is 0 Å². The van der Waals surface area contributed by atoms with E-state index in [1.807, 2.05) is 37.3 Å². The molecular formula is C20H30ClN3O2. The molecule has 26 heavy (non-hydrogen) atoms. The van der Waals surface area contributed by atoms with Crippen molar-refractivity contribution in [3.05, 3.63) is 35.9 Å². The number of halogens is 1. The smallest absolute Gasteiger partial charge is 0.242 e. The second-order valence-electron chi connectivity index (χ2n) is 7.31. The molecule has 2 amide bonds. The Morgan fingerprint density at radius 2 is 2.04 bits per heavy atom. The van der Waals surface area contributed by atoms with Gasteiger partial charge in [-0.25, -0.2) is 0 Å². The Morgan fingerprint density at radius 1 is 1.27 bits per heavy atom. The van der Waals surface area contributed by atoms with Crippen LogP contribution in [0.3, 0.4) is 0 Å². The van der Waals surface area contributed by atoms with E-state index < -0.39 is 0 Å². The molecule has 2 aliphatic rings. The van der Waals surface area contributed by atoms with Gasteiger partial charge in [0.2, 0.25) is 11.8 Å². The molecule has 144 valence electrons. The number of nitrogens with one attached hydrogen (secondary N) is 2. The van der Waals surface area contributed by atoms with E-state index in [0.29, 0.717) is 19.0 Å². The monoisotopic (exact) mass is 379 g/mol. The Bertz CT molecular complexity index is 610. The number of carbonyl (C=O) groups is 2. The summed E-state index contributed by atoms with van der Waals surface area (Å²) in [6.45, 7) is 4.96. The van der Waals surface area contributed by atoms with E-state index in [2.05, 4.69) is 10.6 Å². The molecular weight excluding hydrogens is 350 g/mol. The number of rotatable bonds is 6. The van der Waals surface area contributed by atoms with Crippen LogP contribution in [0.4, 0.5) is 0 Å². The fourth-order valence-corrected chi connectivity index (χ4v) is 4.31. The van der Waals surface area contributed by atoms with Crippen molar-refractivity contribution in [2.75, 3.05) is 26.2 Å². The van der Waals surface area contributed by atoms with Gasteiger partial charge < -0.3 is 15.5 Å². The van der Waals surface area contributed by atoms with Gasteiger partial charge in [-0.3, -0.25) is 9.59 Å². The Morgan fingerprint density at radius 3 is 2.77 bits per heavy atom. The fourth-order valence-electron chi connectivity index (χ4n) is 4.31. The van der Waals surface area contributed by atoms with E-state index in [9.17, 15) is 9.59 Å². The maximum atomic E-state index is 12.9. The molecule has 5 nitrogen and oxygen atoms in total. The first-order valence-corrected chi connectivity index (χ1v) is 9.46. The first kappa shape index (κ1) is 20.7. The van der Waals surface area contributed by atoms with E-state index >= 15 is 0 Å². The molecule has 1 saturated carbocycles. The van der Waals surface area contributed by atoms with E-state index in [1.165, 1.54) is 6.42 Å². The third-order valence-corrected chi connectivity index (χ3v) is 5.84. The summed E-state index contributed by atoms with van der Waals surface area (Å²) in [6, 6.07) is 9.96. The van der Waals surface area contributed by atoms with Crippen LogP contribution in [0.15, 0.2) is 30.3 Å². The summed E-state index contributed by atoms with van der Waals surface area (Å²) in [5.41, 5.74) is 0.810. The molecule has 1 aromatic rings. The number of benzene rings is 1. The van der Waals surface area contributed by atoms with Gasteiger partial charge in [-0.1, -0.05) is 43.2 Å². The molecule has 2 fully saturated rings. The first-order chi connectivity index (χ1) is 12.2. The first-order valence-electron chi connectivity index (χ1n) is 9.46. The van der Waals surface area contributed by atoms with Crippen molar-refractivity contribution in [2.24, 2.45) is 11.3 Å². The van der Waals surface area contributed by atoms with Crippen LogP contribution in [0.5, 0.6) is 0 Å². The highest BCUT2D eigenvalue weighted by Crippen LogP contribution is 2.43. The van der Waals surface area contributed by atoms with Crippen LogP contribution >= 0.6 is 12.4 Å². The topological polar surface area (TPSA) is 61.4 Å². The normalized spacial score (nSPS) is 24.3. The SMILES string of the molecule is CCN(Cc1ccccc1)C(=O)CNC(=O)[C@@]12CCCC[C@H]1CNC2.Cl. The number of nitrogens with zero attached hydrogens (tertiary/aromatic N) is 1. The third-order valence-electron chi connectivity index (χ3n) is 5.84. The van der Waals surface area contributed by atoms with Gasteiger partial charge in [0, 0.05) is 19.6 Å². The van der Waals surface area contributed by atoms with Crippen LogP contribution in [0.1, 0.15) is 38.2 Å². The highest BCUT2D eigenvalue weighted by atomic mass is 35.5. The lowest BCUT2D eigenvalue weighted by molar-refractivity contribution is -0.138. The van der Waals surface area contributed by atoms with Crippen molar-refractivity contribution in [2.45, 2.75) is 39.2 Å². The van der Waals surface area contributed by atoms with Gasteiger partial charge in [-0.2, -0.15) is 0 Å². The molecule has 3 rings (SSSR count). The number of amides is 2. The number of hydrogen-bond acceptors (Lipinski definition) is 3. The standard InChI is InChI=1S/C20H29N3O2.ClH/c1-2-23(14-16-8-4-3-5-9-16)18(24)13-22-19(25)20-11-7-6-10-17(20)12-21-15-20;/h3-5,8-9,17,21H,2,6-7,10-15H2,1H3,(H,22,25);1H/t17-,20+;/m0./s1. The van der Waals surface area contributed by atoms with E-state index in [1.54, 1.807) is 4.90 Å². The Labute approximate surface area is 162 Å². The molecule has 0 bridgehead atoms. The molecule has 2 N–H and O–H groups in total. The highest BCUT2D eigenvalue weighted by molar-refractivity contribution is 5.88. The minimum Gasteiger partial charge on any atom is -0.346 e. The molecule has 1 saturated heterocycles. The Balaban J connectivity index is 0.00000243. The molecule has 1 aliphatic heterocycles. The summed E-state index contributed by atoms with van der Waals surface area (Å²) >= 11 is 0. The number of likely N-dealkylation sites (N-methyl/N-ethyl adjacent to an activating group) is 1. The minimum absolute atomic E-state index is 0. The summed E-state index contributed by atoms with van der Waals surface area (Å²) in [5, 5.41) is 6.33. The lowest BCUT2D eigenvalue weighted by Gasteiger charge is -2.37. The molecule has 1 heterocycles. The Hall–Kier alpha value is -1.59. The average molecular weight is 380 g/mol. The number of carbonyl (C=O) groups excluding carboxylic acids is 2. The molecule has 0 radical (unpaired) electrons. The molecule has 6 heteroatoms. The maximum absolute atomic E-state index is 12.9. The zero-order valence-corrected chi connectivity index (χ0v) is 16.3.